The molecule has 0 spiro atoms. The molecule has 0 aliphatic heterocycles. The molecular weight excluding hydrogens is 221 g/mol. The Kier molecular flexibility index (Phi) is 3.40. The first-order valence-corrected chi connectivity index (χ1v) is 4.86. The Morgan fingerprint density at radius 3 is 2.44 bits per heavy atom. The van der Waals surface area contributed by atoms with Gasteiger partial charge in [0.2, 0.25) is 0 Å². The van der Waals surface area contributed by atoms with E-state index in [4.69, 9.17) is 0 Å². The Morgan fingerprint density at radius 2 is 2.06 bits per heavy atom. The van der Waals surface area contributed by atoms with Crippen LogP contribution in [0.4, 0.5) is 13.2 Å². The third kappa shape index (κ3) is 3.08. The van der Waals surface area contributed by atoms with Gasteiger partial charge in [-0.1, -0.05) is 13.8 Å². The summed E-state index contributed by atoms with van der Waals surface area (Å²) in [5, 5.41) is 3.79. The summed E-state index contributed by atoms with van der Waals surface area (Å²) in [7, 11) is 0. The summed E-state index contributed by atoms with van der Waals surface area (Å²) in [6.45, 7) is 3.62. The lowest BCUT2D eigenvalue weighted by Gasteiger charge is -2.08. The standard InChI is InChI=1S/C10H13F3N2O/c1-6(2)8-4-9(7(3)16)15(14-8)5-10(11,12)13/h4,6H,5H2,1-3H3. The summed E-state index contributed by atoms with van der Waals surface area (Å²) in [6, 6.07) is 1.42. The van der Waals surface area contributed by atoms with E-state index in [9.17, 15) is 18.0 Å². The van der Waals surface area contributed by atoms with Crippen molar-refractivity contribution in [2.24, 2.45) is 0 Å². The van der Waals surface area contributed by atoms with Gasteiger partial charge in [-0.25, -0.2) is 0 Å². The lowest BCUT2D eigenvalue weighted by atomic mass is 10.1. The van der Waals surface area contributed by atoms with Gasteiger partial charge in [-0.3, -0.25) is 9.48 Å². The zero-order valence-electron chi connectivity index (χ0n) is 9.30. The molecule has 90 valence electrons. The number of hydrogen-bond acceptors (Lipinski definition) is 2. The minimum absolute atomic E-state index is 0.000949. The molecule has 0 N–H and O–H groups in total. The molecule has 0 saturated carbocycles. The number of carbonyl (C=O) groups excluding carboxylic acids is 1. The number of carbonyl (C=O) groups is 1. The maximum absolute atomic E-state index is 12.2. The normalized spacial score (nSPS) is 12.2. The zero-order chi connectivity index (χ0) is 12.5. The van der Waals surface area contributed by atoms with E-state index >= 15 is 0 Å². The highest BCUT2D eigenvalue weighted by molar-refractivity contribution is 5.92. The predicted octanol–water partition coefficient (Wildman–Crippen LogP) is 2.77. The minimum Gasteiger partial charge on any atom is -0.293 e. The fourth-order valence-corrected chi connectivity index (χ4v) is 1.29. The van der Waals surface area contributed by atoms with Gasteiger partial charge in [-0.15, -0.1) is 0 Å². The number of Topliss-reactive ketones (excluding diaryl/α,β-unsaturated/α-hetero) is 1. The van der Waals surface area contributed by atoms with Crippen LogP contribution in [0, 0.1) is 0 Å². The van der Waals surface area contributed by atoms with Gasteiger partial charge in [0, 0.05) is 6.92 Å². The Morgan fingerprint density at radius 1 is 1.50 bits per heavy atom. The SMILES string of the molecule is CC(=O)c1cc(C(C)C)nn1CC(F)(F)F. The number of aromatic nitrogens is 2. The van der Waals surface area contributed by atoms with Crippen LogP contribution in [0.2, 0.25) is 0 Å². The highest BCUT2D eigenvalue weighted by Crippen LogP contribution is 2.21. The molecule has 16 heavy (non-hydrogen) atoms. The second-order valence-corrected chi connectivity index (χ2v) is 3.94. The van der Waals surface area contributed by atoms with Crippen molar-refractivity contribution in [3.63, 3.8) is 0 Å². The lowest BCUT2D eigenvalue weighted by Crippen LogP contribution is -2.21. The number of ketones is 1. The van der Waals surface area contributed by atoms with Crippen molar-refractivity contribution in [1.29, 1.82) is 0 Å². The minimum atomic E-state index is -4.37. The summed E-state index contributed by atoms with van der Waals surface area (Å²) in [5.41, 5.74) is 0.496. The Bertz CT molecular complexity index is 393. The molecule has 1 rings (SSSR count). The number of rotatable bonds is 3. The molecule has 0 amide bonds. The molecule has 0 radical (unpaired) electrons. The van der Waals surface area contributed by atoms with Gasteiger partial charge in [-0.2, -0.15) is 18.3 Å². The summed E-state index contributed by atoms with van der Waals surface area (Å²) in [5.74, 6) is -0.420. The maximum Gasteiger partial charge on any atom is 0.408 e. The number of halogens is 3. The monoisotopic (exact) mass is 234 g/mol. The largest absolute Gasteiger partial charge is 0.408 e. The number of nitrogens with zero attached hydrogens (tertiary/aromatic N) is 2. The first-order valence-electron chi connectivity index (χ1n) is 4.86. The van der Waals surface area contributed by atoms with Gasteiger partial charge in [0.15, 0.2) is 5.78 Å². The van der Waals surface area contributed by atoms with Crippen molar-refractivity contribution < 1.29 is 18.0 Å². The lowest BCUT2D eigenvalue weighted by molar-refractivity contribution is -0.142. The molecule has 1 aromatic heterocycles. The van der Waals surface area contributed by atoms with Crippen molar-refractivity contribution >= 4 is 5.78 Å². The summed E-state index contributed by atoms with van der Waals surface area (Å²) in [6.07, 6.45) is -4.37. The molecule has 0 aliphatic carbocycles. The maximum atomic E-state index is 12.2. The van der Waals surface area contributed by atoms with Gasteiger partial charge in [0.05, 0.1) is 5.69 Å². The van der Waals surface area contributed by atoms with Crippen LogP contribution >= 0.6 is 0 Å². The van der Waals surface area contributed by atoms with Crippen LogP contribution in [0.15, 0.2) is 6.07 Å². The molecule has 0 bridgehead atoms. The zero-order valence-corrected chi connectivity index (χ0v) is 9.30. The molecule has 0 aliphatic rings. The van der Waals surface area contributed by atoms with Crippen LogP contribution in [-0.2, 0) is 6.54 Å². The van der Waals surface area contributed by atoms with E-state index in [-0.39, 0.29) is 11.6 Å². The van der Waals surface area contributed by atoms with Crippen LogP contribution in [0.3, 0.4) is 0 Å². The third-order valence-corrected chi connectivity index (χ3v) is 2.08. The quantitative estimate of drug-likeness (QED) is 0.754. The Labute approximate surface area is 91.3 Å². The van der Waals surface area contributed by atoms with E-state index in [1.54, 1.807) is 0 Å². The fraction of sp³-hybridized carbons (Fsp3) is 0.600. The highest BCUT2D eigenvalue weighted by atomic mass is 19.4. The fourth-order valence-electron chi connectivity index (χ4n) is 1.29. The second kappa shape index (κ2) is 4.27. The van der Waals surface area contributed by atoms with Gasteiger partial charge < -0.3 is 0 Å². The molecule has 0 saturated heterocycles. The van der Waals surface area contributed by atoms with Crippen LogP contribution in [-0.4, -0.2) is 21.7 Å². The molecule has 0 atom stereocenters. The predicted molar refractivity (Wildman–Crippen MR) is 52.4 cm³/mol. The van der Waals surface area contributed by atoms with Crippen molar-refractivity contribution in [3.8, 4) is 0 Å². The highest BCUT2D eigenvalue weighted by Gasteiger charge is 2.30. The van der Waals surface area contributed by atoms with E-state index in [1.807, 2.05) is 13.8 Å². The average molecular weight is 234 g/mol. The van der Waals surface area contributed by atoms with E-state index in [2.05, 4.69) is 5.10 Å². The number of hydrogen-bond donors (Lipinski definition) is 0. The smallest absolute Gasteiger partial charge is 0.293 e. The topological polar surface area (TPSA) is 34.9 Å². The van der Waals surface area contributed by atoms with Crippen LogP contribution < -0.4 is 0 Å². The molecule has 0 unspecified atom stereocenters. The number of alkyl halides is 3. The van der Waals surface area contributed by atoms with E-state index < -0.39 is 18.5 Å². The van der Waals surface area contributed by atoms with Crippen LogP contribution in [0.25, 0.3) is 0 Å². The summed E-state index contributed by atoms with van der Waals surface area (Å²) < 4.78 is 37.4. The molecule has 3 nitrogen and oxygen atoms in total. The molecule has 0 aromatic carbocycles. The van der Waals surface area contributed by atoms with Gasteiger partial charge >= 0.3 is 6.18 Å². The first kappa shape index (κ1) is 12.7. The van der Waals surface area contributed by atoms with E-state index in [1.165, 1.54) is 13.0 Å². The van der Waals surface area contributed by atoms with Gasteiger partial charge in [-0.05, 0) is 12.0 Å². The molecule has 0 fully saturated rings. The Hall–Kier alpha value is -1.33. The van der Waals surface area contributed by atoms with Crippen molar-refractivity contribution in [1.82, 2.24) is 9.78 Å². The van der Waals surface area contributed by atoms with Crippen molar-refractivity contribution in [2.45, 2.75) is 39.4 Å². The first-order chi connectivity index (χ1) is 7.20. The molecular formula is C10H13F3N2O. The van der Waals surface area contributed by atoms with E-state index in [0.29, 0.717) is 5.69 Å². The van der Waals surface area contributed by atoms with Crippen LogP contribution in [0.1, 0.15) is 42.9 Å². The van der Waals surface area contributed by atoms with E-state index in [0.717, 1.165) is 4.68 Å². The molecule has 1 aromatic rings. The van der Waals surface area contributed by atoms with Crippen molar-refractivity contribution in [3.05, 3.63) is 17.5 Å². The second-order valence-electron chi connectivity index (χ2n) is 3.94. The van der Waals surface area contributed by atoms with Crippen molar-refractivity contribution in [2.75, 3.05) is 0 Å². The summed E-state index contributed by atoms with van der Waals surface area (Å²) in [4.78, 5) is 11.2. The summed E-state index contributed by atoms with van der Waals surface area (Å²) >= 11 is 0. The van der Waals surface area contributed by atoms with Gasteiger partial charge in [0.25, 0.3) is 0 Å². The Balaban J connectivity index is 3.10. The third-order valence-electron chi connectivity index (χ3n) is 2.08. The average Bonchev–Trinajstić information content (AvgIpc) is 2.44. The molecule has 1 heterocycles. The van der Waals surface area contributed by atoms with Crippen LogP contribution in [0.5, 0.6) is 0 Å². The van der Waals surface area contributed by atoms with Gasteiger partial charge in [0.1, 0.15) is 12.2 Å². The molecule has 6 heteroatoms.